The van der Waals surface area contributed by atoms with Gasteiger partial charge in [-0.3, -0.25) is 0 Å². The number of carbonyl (C=O) groups is 2. The van der Waals surface area contributed by atoms with Gasteiger partial charge in [0.05, 0.1) is 18.3 Å². The maximum atomic E-state index is 12.3. The number of carbonyl (C=O) groups excluding carboxylic acids is 2. The smallest absolute Gasteiger partial charge is 0.374 e. The SMILES string of the molecule is CCCCNC(=O)n1c(C(=O)OC)nc2c(N)cccc21. The number of nitrogens with two attached hydrogens (primary N) is 1. The average Bonchev–Trinajstić information content (AvgIpc) is 2.87. The van der Waals surface area contributed by atoms with Gasteiger partial charge in [-0.2, -0.15) is 0 Å². The number of benzene rings is 1. The second kappa shape index (κ2) is 6.25. The van der Waals surface area contributed by atoms with E-state index in [1.54, 1.807) is 18.2 Å². The first-order valence-corrected chi connectivity index (χ1v) is 6.73. The molecule has 0 aliphatic rings. The monoisotopic (exact) mass is 290 g/mol. The molecule has 0 fully saturated rings. The first-order chi connectivity index (χ1) is 10.1. The van der Waals surface area contributed by atoms with Gasteiger partial charge in [0.2, 0.25) is 5.82 Å². The number of para-hydroxylation sites is 1. The number of nitrogens with zero attached hydrogens (tertiary/aromatic N) is 2. The standard InChI is InChI=1S/C14H18N4O3/c1-3-4-8-16-14(20)18-10-7-5-6-9(15)11(10)17-12(18)13(19)21-2/h5-7H,3-4,8,15H2,1-2H3,(H,16,20). The number of imidazole rings is 1. The van der Waals surface area contributed by atoms with Crippen molar-refractivity contribution in [1.29, 1.82) is 0 Å². The molecular formula is C14H18N4O3. The van der Waals surface area contributed by atoms with Crippen LogP contribution < -0.4 is 11.1 Å². The van der Waals surface area contributed by atoms with Gasteiger partial charge in [-0.05, 0) is 18.6 Å². The number of nitrogen functional groups attached to an aromatic ring is 1. The van der Waals surface area contributed by atoms with E-state index in [4.69, 9.17) is 5.73 Å². The van der Waals surface area contributed by atoms with Gasteiger partial charge in [-0.1, -0.05) is 19.4 Å². The summed E-state index contributed by atoms with van der Waals surface area (Å²) in [5, 5.41) is 2.75. The summed E-state index contributed by atoms with van der Waals surface area (Å²) in [6, 6.07) is 4.63. The van der Waals surface area contributed by atoms with E-state index in [-0.39, 0.29) is 5.82 Å². The number of anilines is 1. The van der Waals surface area contributed by atoms with Gasteiger partial charge in [0, 0.05) is 6.54 Å². The lowest BCUT2D eigenvalue weighted by Crippen LogP contribution is -2.31. The van der Waals surface area contributed by atoms with Crippen molar-refractivity contribution < 1.29 is 14.3 Å². The number of hydrogen-bond donors (Lipinski definition) is 2. The molecule has 1 aromatic carbocycles. The van der Waals surface area contributed by atoms with Crippen LogP contribution in [-0.4, -0.2) is 35.2 Å². The number of unbranched alkanes of at least 4 members (excludes halogenated alkanes) is 1. The zero-order chi connectivity index (χ0) is 15.4. The van der Waals surface area contributed by atoms with Gasteiger partial charge in [0.25, 0.3) is 0 Å². The van der Waals surface area contributed by atoms with Crippen LogP contribution in [0.2, 0.25) is 0 Å². The van der Waals surface area contributed by atoms with Crippen molar-refractivity contribution in [3.8, 4) is 0 Å². The number of esters is 1. The minimum atomic E-state index is -0.684. The van der Waals surface area contributed by atoms with Gasteiger partial charge in [-0.25, -0.2) is 19.1 Å². The van der Waals surface area contributed by atoms with Crippen LogP contribution in [0.5, 0.6) is 0 Å². The third kappa shape index (κ3) is 2.81. The molecular weight excluding hydrogens is 272 g/mol. The highest BCUT2D eigenvalue weighted by atomic mass is 16.5. The van der Waals surface area contributed by atoms with E-state index in [1.165, 1.54) is 11.7 Å². The predicted octanol–water partition coefficient (Wildman–Crippen LogP) is 1.76. The Morgan fingerprint density at radius 1 is 1.43 bits per heavy atom. The molecule has 0 spiro atoms. The maximum absolute atomic E-state index is 12.3. The van der Waals surface area contributed by atoms with Crippen LogP contribution >= 0.6 is 0 Å². The number of amides is 1. The van der Waals surface area contributed by atoms with Crippen LogP contribution in [-0.2, 0) is 4.74 Å². The van der Waals surface area contributed by atoms with Gasteiger partial charge < -0.3 is 15.8 Å². The van der Waals surface area contributed by atoms with Crippen molar-refractivity contribution in [3.05, 3.63) is 24.0 Å². The summed E-state index contributed by atoms with van der Waals surface area (Å²) < 4.78 is 5.88. The third-order valence-corrected chi connectivity index (χ3v) is 3.09. The van der Waals surface area contributed by atoms with Crippen molar-refractivity contribution in [2.24, 2.45) is 0 Å². The first-order valence-electron chi connectivity index (χ1n) is 6.73. The van der Waals surface area contributed by atoms with Gasteiger partial charge in [0.1, 0.15) is 5.52 Å². The Hall–Kier alpha value is -2.57. The largest absolute Gasteiger partial charge is 0.463 e. The van der Waals surface area contributed by atoms with E-state index in [9.17, 15) is 9.59 Å². The van der Waals surface area contributed by atoms with Crippen molar-refractivity contribution in [3.63, 3.8) is 0 Å². The summed E-state index contributed by atoms with van der Waals surface area (Å²) in [5.74, 6) is -0.768. The first kappa shape index (κ1) is 14.8. The fourth-order valence-electron chi connectivity index (χ4n) is 2.01. The van der Waals surface area contributed by atoms with E-state index in [2.05, 4.69) is 15.0 Å². The molecule has 0 radical (unpaired) electrons. The number of rotatable bonds is 4. The molecule has 0 atom stereocenters. The molecule has 0 unspecified atom stereocenters. The van der Waals surface area contributed by atoms with Crippen molar-refractivity contribution in [2.75, 3.05) is 19.4 Å². The Morgan fingerprint density at radius 2 is 2.19 bits per heavy atom. The minimum Gasteiger partial charge on any atom is -0.463 e. The molecule has 1 aromatic heterocycles. The van der Waals surface area contributed by atoms with Crippen LogP contribution in [0.3, 0.4) is 0 Å². The Bertz CT molecular complexity index is 678. The van der Waals surface area contributed by atoms with Gasteiger partial charge in [-0.15, -0.1) is 0 Å². The molecule has 7 heteroatoms. The van der Waals surface area contributed by atoms with E-state index < -0.39 is 12.0 Å². The van der Waals surface area contributed by atoms with E-state index in [0.29, 0.717) is 23.3 Å². The number of hydrogen-bond acceptors (Lipinski definition) is 5. The number of aromatic nitrogens is 2. The summed E-state index contributed by atoms with van der Waals surface area (Å²) in [6.07, 6.45) is 1.82. The molecule has 7 nitrogen and oxygen atoms in total. The Morgan fingerprint density at radius 3 is 2.86 bits per heavy atom. The molecule has 0 bridgehead atoms. The molecule has 2 aromatic rings. The number of ether oxygens (including phenoxy) is 1. The van der Waals surface area contributed by atoms with Gasteiger partial charge >= 0.3 is 12.0 Å². The second-order valence-corrected chi connectivity index (χ2v) is 4.56. The third-order valence-electron chi connectivity index (χ3n) is 3.09. The number of nitrogens with one attached hydrogen (secondary N) is 1. The van der Waals surface area contributed by atoms with Crippen molar-refractivity contribution in [2.45, 2.75) is 19.8 Å². The topological polar surface area (TPSA) is 99.2 Å². The molecule has 1 amide bonds. The molecule has 0 aliphatic heterocycles. The second-order valence-electron chi connectivity index (χ2n) is 4.56. The number of fused-ring (bicyclic) bond motifs is 1. The molecule has 3 N–H and O–H groups in total. The zero-order valence-corrected chi connectivity index (χ0v) is 12.0. The lowest BCUT2D eigenvalue weighted by Gasteiger charge is -2.08. The highest BCUT2D eigenvalue weighted by Crippen LogP contribution is 2.22. The molecule has 21 heavy (non-hydrogen) atoms. The summed E-state index contributed by atoms with van der Waals surface area (Å²) in [6.45, 7) is 2.55. The van der Waals surface area contributed by atoms with Crippen LogP contribution in [0.1, 0.15) is 30.4 Å². The minimum absolute atomic E-state index is 0.0839. The highest BCUT2D eigenvalue weighted by Gasteiger charge is 2.23. The molecule has 112 valence electrons. The Kier molecular flexibility index (Phi) is 4.42. The highest BCUT2D eigenvalue weighted by molar-refractivity contribution is 6.01. The number of methoxy groups -OCH3 is 1. The lowest BCUT2D eigenvalue weighted by atomic mass is 10.3. The molecule has 2 rings (SSSR count). The fraction of sp³-hybridized carbons (Fsp3) is 0.357. The summed E-state index contributed by atoms with van der Waals surface area (Å²) >= 11 is 0. The van der Waals surface area contributed by atoms with E-state index in [0.717, 1.165) is 12.8 Å². The van der Waals surface area contributed by atoms with E-state index >= 15 is 0 Å². The van der Waals surface area contributed by atoms with Crippen LogP contribution in [0.25, 0.3) is 11.0 Å². The Labute approximate surface area is 122 Å². The van der Waals surface area contributed by atoms with Crippen LogP contribution in [0, 0.1) is 0 Å². The van der Waals surface area contributed by atoms with Gasteiger partial charge in [0.15, 0.2) is 0 Å². The van der Waals surface area contributed by atoms with Crippen molar-refractivity contribution in [1.82, 2.24) is 14.9 Å². The Balaban J connectivity index is 2.50. The van der Waals surface area contributed by atoms with E-state index in [1.807, 2.05) is 6.92 Å². The van der Waals surface area contributed by atoms with Crippen molar-refractivity contribution >= 4 is 28.7 Å². The molecule has 0 saturated heterocycles. The average molecular weight is 290 g/mol. The molecule has 1 heterocycles. The summed E-state index contributed by atoms with van der Waals surface area (Å²) in [7, 11) is 1.24. The molecule has 0 saturated carbocycles. The maximum Gasteiger partial charge on any atom is 0.374 e. The van der Waals surface area contributed by atoms with Crippen LogP contribution in [0.15, 0.2) is 18.2 Å². The predicted molar refractivity (Wildman–Crippen MR) is 79.2 cm³/mol. The normalized spacial score (nSPS) is 10.6. The fourth-order valence-corrected chi connectivity index (χ4v) is 2.01. The summed E-state index contributed by atoms with van der Waals surface area (Å²) in [4.78, 5) is 28.3. The summed E-state index contributed by atoms with van der Waals surface area (Å²) in [5.41, 5.74) is 7.13. The quantitative estimate of drug-likeness (QED) is 0.508. The van der Waals surface area contributed by atoms with Crippen LogP contribution in [0.4, 0.5) is 10.5 Å². The molecule has 0 aliphatic carbocycles. The lowest BCUT2D eigenvalue weighted by molar-refractivity contribution is 0.0584. The zero-order valence-electron chi connectivity index (χ0n) is 12.0.